The Bertz CT molecular complexity index is 329. The SMILES string of the molecule is CCCOc1c(Cl)cc(Cl)cc1CNC. The number of rotatable bonds is 5. The second-order valence-corrected chi connectivity index (χ2v) is 4.10. The van der Waals surface area contributed by atoms with E-state index in [2.05, 4.69) is 12.2 Å². The number of hydrogen-bond donors (Lipinski definition) is 1. The smallest absolute Gasteiger partial charge is 0.142 e. The molecule has 0 bridgehead atoms. The summed E-state index contributed by atoms with van der Waals surface area (Å²) in [4.78, 5) is 0. The number of benzene rings is 1. The van der Waals surface area contributed by atoms with Gasteiger partial charge in [0.25, 0.3) is 0 Å². The minimum atomic E-state index is 0.571. The number of nitrogens with one attached hydrogen (secondary N) is 1. The van der Waals surface area contributed by atoms with Crippen molar-refractivity contribution in [3.05, 3.63) is 27.7 Å². The maximum atomic E-state index is 6.07. The maximum absolute atomic E-state index is 6.07. The minimum absolute atomic E-state index is 0.571. The van der Waals surface area contributed by atoms with Crippen LogP contribution in [0.25, 0.3) is 0 Å². The summed E-state index contributed by atoms with van der Waals surface area (Å²) in [5.41, 5.74) is 0.989. The fourth-order valence-electron chi connectivity index (χ4n) is 1.30. The molecule has 2 nitrogen and oxygen atoms in total. The van der Waals surface area contributed by atoms with Gasteiger partial charge >= 0.3 is 0 Å². The third-order valence-corrected chi connectivity index (χ3v) is 2.40. The standard InChI is InChI=1S/C11H15Cl2NO/c1-3-4-15-11-8(7-14-2)5-9(12)6-10(11)13/h5-6,14H,3-4,7H2,1-2H3. The van der Waals surface area contributed by atoms with Crippen LogP contribution in [0, 0.1) is 0 Å². The molecule has 0 unspecified atom stereocenters. The Balaban J connectivity index is 2.97. The third kappa shape index (κ3) is 3.56. The second kappa shape index (κ2) is 6.21. The van der Waals surface area contributed by atoms with E-state index < -0.39 is 0 Å². The van der Waals surface area contributed by atoms with Crippen molar-refractivity contribution in [3.63, 3.8) is 0 Å². The lowest BCUT2D eigenvalue weighted by Gasteiger charge is -2.13. The van der Waals surface area contributed by atoms with Crippen molar-refractivity contribution >= 4 is 23.2 Å². The van der Waals surface area contributed by atoms with Crippen molar-refractivity contribution in [2.75, 3.05) is 13.7 Å². The molecule has 4 heteroatoms. The summed E-state index contributed by atoms with van der Waals surface area (Å²) in [6, 6.07) is 3.57. The van der Waals surface area contributed by atoms with Crippen molar-refractivity contribution in [2.45, 2.75) is 19.9 Å². The van der Waals surface area contributed by atoms with Crippen LogP contribution in [0.1, 0.15) is 18.9 Å². The highest BCUT2D eigenvalue weighted by Gasteiger charge is 2.09. The van der Waals surface area contributed by atoms with Crippen LogP contribution in [0.15, 0.2) is 12.1 Å². The van der Waals surface area contributed by atoms with E-state index in [-0.39, 0.29) is 0 Å². The first kappa shape index (κ1) is 12.6. The molecule has 0 radical (unpaired) electrons. The quantitative estimate of drug-likeness (QED) is 0.861. The van der Waals surface area contributed by atoms with E-state index in [0.29, 0.717) is 23.2 Å². The molecule has 1 aromatic rings. The predicted molar refractivity (Wildman–Crippen MR) is 65.0 cm³/mol. The average Bonchev–Trinajstić information content (AvgIpc) is 2.17. The Morgan fingerprint density at radius 3 is 2.67 bits per heavy atom. The average molecular weight is 248 g/mol. The molecule has 0 aromatic heterocycles. The number of hydrogen-bond acceptors (Lipinski definition) is 2. The molecule has 0 saturated carbocycles. The summed E-state index contributed by atoms with van der Waals surface area (Å²) >= 11 is 12.0. The number of halogens is 2. The van der Waals surface area contributed by atoms with E-state index in [9.17, 15) is 0 Å². The van der Waals surface area contributed by atoms with Crippen molar-refractivity contribution in [3.8, 4) is 5.75 Å². The van der Waals surface area contributed by atoms with E-state index in [0.717, 1.165) is 17.7 Å². The highest BCUT2D eigenvalue weighted by Crippen LogP contribution is 2.32. The van der Waals surface area contributed by atoms with E-state index in [4.69, 9.17) is 27.9 Å². The fourth-order valence-corrected chi connectivity index (χ4v) is 1.89. The third-order valence-electron chi connectivity index (χ3n) is 1.90. The zero-order chi connectivity index (χ0) is 11.3. The lowest BCUT2D eigenvalue weighted by Crippen LogP contribution is -2.08. The molecule has 1 N–H and O–H groups in total. The molecule has 0 amide bonds. The normalized spacial score (nSPS) is 10.4. The fraction of sp³-hybridized carbons (Fsp3) is 0.455. The van der Waals surface area contributed by atoms with Gasteiger partial charge in [0, 0.05) is 17.1 Å². The van der Waals surface area contributed by atoms with E-state index in [1.165, 1.54) is 0 Å². The van der Waals surface area contributed by atoms with Crippen LogP contribution in [0.5, 0.6) is 5.75 Å². The van der Waals surface area contributed by atoms with Crippen LogP contribution in [0.3, 0.4) is 0 Å². The molecular formula is C11H15Cl2NO. The Morgan fingerprint density at radius 2 is 2.07 bits per heavy atom. The predicted octanol–water partition coefficient (Wildman–Crippen LogP) is 3.50. The molecule has 0 spiro atoms. The highest BCUT2D eigenvalue weighted by atomic mass is 35.5. The van der Waals surface area contributed by atoms with Crippen molar-refractivity contribution in [2.24, 2.45) is 0 Å². The largest absolute Gasteiger partial charge is 0.492 e. The van der Waals surface area contributed by atoms with Crippen LogP contribution >= 0.6 is 23.2 Å². The molecule has 0 atom stereocenters. The summed E-state index contributed by atoms with van der Waals surface area (Å²) < 4.78 is 5.59. The van der Waals surface area contributed by atoms with E-state index in [1.54, 1.807) is 6.07 Å². The van der Waals surface area contributed by atoms with Crippen LogP contribution in [0.2, 0.25) is 10.0 Å². The van der Waals surface area contributed by atoms with Gasteiger partial charge in [-0.2, -0.15) is 0 Å². The molecule has 1 rings (SSSR count). The highest BCUT2D eigenvalue weighted by molar-refractivity contribution is 6.35. The van der Waals surface area contributed by atoms with Crippen molar-refractivity contribution in [1.29, 1.82) is 0 Å². The Labute approximate surface area is 101 Å². The summed E-state index contributed by atoms with van der Waals surface area (Å²) in [5.74, 6) is 0.734. The molecule has 0 aliphatic rings. The zero-order valence-corrected chi connectivity index (χ0v) is 10.5. The summed E-state index contributed by atoms with van der Waals surface area (Å²) in [6.07, 6.45) is 0.956. The molecule has 15 heavy (non-hydrogen) atoms. The summed E-state index contributed by atoms with van der Waals surface area (Å²) in [7, 11) is 1.87. The molecule has 0 heterocycles. The van der Waals surface area contributed by atoms with E-state index in [1.807, 2.05) is 13.1 Å². The maximum Gasteiger partial charge on any atom is 0.142 e. The van der Waals surface area contributed by atoms with Gasteiger partial charge in [-0.15, -0.1) is 0 Å². The number of ether oxygens (including phenoxy) is 1. The van der Waals surface area contributed by atoms with Crippen molar-refractivity contribution < 1.29 is 4.74 Å². The Morgan fingerprint density at radius 1 is 1.33 bits per heavy atom. The molecule has 0 aliphatic carbocycles. The summed E-state index contributed by atoms with van der Waals surface area (Å²) in [5, 5.41) is 4.26. The van der Waals surface area contributed by atoms with Gasteiger partial charge in [0.15, 0.2) is 0 Å². The second-order valence-electron chi connectivity index (χ2n) is 3.25. The monoisotopic (exact) mass is 247 g/mol. The van der Waals surface area contributed by atoms with Crippen molar-refractivity contribution in [1.82, 2.24) is 5.32 Å². The first-order valence-corrected chi connectivity index (χ1v) is 5.70. The molecule has 0 saturated heterocycles. The van der Waals surface area contributed by atoms with Gasteiger partial charge in [-0.1, -0.05) is 30.1 Å². The van der Waals surface area contributed by atoms with Gasteiger partial charge in [0.05, 0.1) is 11.6 Å². The van der Waals surface area contributed by atoms with E-state index >= 15 is 0 Å². The van der Waals surface area contributed by atoms with Crippen LogP contribution in [-0.4, -0.2) is 13.7 Å². The van der Waals surface area contributed by atoms with Gasteiger partial charge in [-0.3, -0.25) is 0 Å². The summed E-state index contributed by atoms with van der Waals surface area (Å²) in [6.45, 7) is 3.42. The van der Waals surface area contributed by atoms with Gasteiger partial charge < -0.3 is 10.1 Å². The van der Waals surface area contributed by atoms with Crippen LogP contribution in [0.4, 0.5) is 0 Å². The first-order valence-electron chi connectivity index (χ1n) is 4.94. The van der Waals surface area contributed by atoms with Crippen LogP contribution < -0.4 is 10.1 Å². The van der Waals surface area contributed by atoms with Gasteiger partial charge in [-0.25, -0.2) is 0 Å². The Kier molecular flexibility index (Phi) is 5.23. The molecule has 0 aliphatic heterocycles. The first-order chi connectivity index (χ1) is 7.19. The molecule has 0 fully saturated rings. The van der Waals surface area contributed by atoms with Gasteiger partial charge in [0.1, 0.15) is 5.75 Å². The van der Waals surface area contributed by atoms with Gasteiger partial charge in [-0.05, 0) is 25.6 Å². The Hall–Kier alpha value is -0.440. The minimum Gasteiger partial charge on any atom is -0.492 e. The lowest BCUT2D eigenvalue weighted by molar-refractivity contribution is 0.314. The topological polar surface area (TPSA) is 21.3 Å². The van der Waals surface area contributed by atoms with Gasteiger partial charge in [0.2, 0.25) is 0 Å². The molecule has 84 valence electrons. The zero-order valence-electron chi connectivity index (χ0n) is 8.94. The molecular weight excluding hydrogens is 233 g/mol. The van der Waals surface area contributed by atoms with Crippen LogP contribution in [-0.2, 0) is 6.54 Å². The lowest BCUT2D eigenvalue weighted by atomic mass is 10.2. The molecule has 1 aromatic carbocycles.